The van der Waals surface area contributed by atoms with Crippen LogP contribution in [0.15, 0.2) is 38.5 Å². The summed E-state index contributed by atoms with van der Waals surface area (Å²) in [5, 5.41) is 0.256. The lowest BCUT2D eigenvalue weighted by Gasteiger charge is -2.06. The fourth-order valence-corrected chi connectivity index (χ4v) is 4.34. The van der Waals surface area contributed by atoms with Crippen molar-refractivity contribution in [2.75, 3.05) is 4.72 Å². The molecule has 0 aliphatic carbocycles. The minimum atomic E-state index is -3.62. The fraction of sp³-hybridized carbons (Fsp3) is 0. The van der Waals surface area contributed by atoms with E-state index in [1.807, 2.05) is 0 Å². The fourth-order valence-electron chi connectivity index (χ4n) is 1.08. The van der Waals surface area contributed by atoms with E-state index in [1.54, 1.807) is 18.2 Å². The van der Waals surface area contributed by atoms with E-state index in [0.717, 1.165) is 15.1 Å². The van der Waals surface area contributed by atoms with Crippen LogP contribution in [0.5, 0.6) is 0 Å². The molecule has 2 aromatic heterocycles. The molecule has 0 aromatic carbocycles. The van der Waals surface area contributed by atoms with E-state index in [4.69, 9.17) is 11.6 Å². The Hall–Kier alpha value is -0.630. The van der Waals surface area contributed by atoms with Gasteiger partial charge in [-0.05, 0) is 40.2 Å². The maximum absolute atomic E-state index is 11.9. The molecule has 0 unspecified atom stereocenters. The smallest absolute Gasteiger partial charge is 0.261 e. The summed E-state index contributed by atoms with van der Waals surface area (Å²) in [5.74, 6) is 0.124. The third-order valence-corrected chi connectivity index (χ3v) is 5.56. The first-order valence-corrected chi connectivity index (χ1v) is 7.85. The number of halogens is 2. The predicted molar refractivity (Wildman–Crippen MR) is 72.1 cm³/mol. The highest BCUT2D eigenvalue weighted by atomic mass is 79.9. The Labute approximate surface area is 116 Å². The highest BCUT2D eigenvalue weighted by Crippen LogP contribution is 2.28. The second-order valence-electron chi connectivity index (χ2n) is 3.00. The summed E-state index contributed by atoms with van der Waals surface area (Å²) >= 11 is 10.2. The van der Waals surface area contributed by atoms with Gasteiger partial charge >= 0.3 is 0 Å². The molecule has 0 fully saturated rings. The molecule has 2 heterocycles. The minimum absolute atomic E-state index is 0.124. The molecule has 0 saturated heterocycles. The summed E-state index contributed by atoms with van der Waals surface area (Å²) in [6.07, 6.45) is 1.47. The molecule has 17 heavy (non-hydrogen) atoms. The lowest BCUT2D eigenvalue weighted by atomic mass is 10.5. The van der Waals surface area contributed by atoms with E-state index < -0.39 is 10.0 Å². The Morgan fingerprint density at radius 1 is 1.35 bits per heavy atom. The van der Waals surface area contributed by atoms with Gasteiger partial charge in [-0.15, -0.1) is 11.3 Å². The number of nitrogens with one attached hydrogen (secondary N) is 1. The highest BCUT2D eigenvalue weighted by molar-refractivity contribution is 9.11. The minimum Gasteiger partial charge on any atom is -0.261 e. The predicted octanol–water partition coefficient (Wildman–Crippen LogP) is 3.36. The van der Waals surface area contributed by atoms with Gasteiger partial charge in [0.2, 0.25) is 0 Å². The first-order chi connectivity index (χ1) is 7.99. The van der Waals surface area contributed by atoms with Gasteiger partial charge in [0.05, 0.1) is 8.81 Å². The van der Waals surface area contributed by atoms with E-state index in [0.29, 0.717) is 0 Å². The molecule has 0 amide bonds. The summed E-state index contributed by atoms with van der Waals surface area (Å²) in [6.45, 7) is 0. The summed E-state index contributed by atoms with van der Waals surface area (Å²) in [6, 6.07) is 6.37. The van der Waals surface area contributed by atoms with Gasteiger partial charge in [-0.1, -0.05) is 11.6 Å². The molecule has 0 aliphatic rings. The van der Waals surface area contributed by atoms with Crippen LogP contribution < -0.4 is 4.72 Å². The van der Waals surface area contributed by atoms with Gasteiger partial charge < -0.3 is 0 Å². The van der Waals surface area contributed by atoms with Crippen molar-refractivity contribution in [3.63, 3.8) is 0 Å². The second-order valence-corrected chi connectivity index (χ2v) is 7.78. The Morgan fingerprint density at radius 2 is 2.12 bits per heavy atom. The molecule has 0 radical (unpaired) electrons. The van der Waals surface area contributed by atoms with Crippen LogP contribution in [0.25, 0.3) is 0 Å². The molecule has 0 atom stereocenters. The highest BCUT2D eigenvalue weighted by Gasteiger charge is 2.18. The standard InChI is InChI=1S/C9H6BrClN2O2S2/c10-7-3-4-8(16-7)17(14,15)13-9-6(11)2-1-5-12-9/h1-5H,(H,12,13). The molecule has 90 valence electrons. The van der Waals surface area contributed by atoms with Crippen molar-refractivity contribution in [1.82, 2.24) is 4.98 Å². The maximum Gasteiger partial charge on any atom is 0.272 e. The average molecular weight is 354 g/mol. The Balaban J connectivity index is 2.33. The summed E-state index contributed by atoms with van der Waals surface area (Å²) in [4.78, 5) is 3.87. The molecule has 0 bridgehead atoms. The second kappa shape index (κ2) is 4.93. The van der Waals surface area contributed by atoms with Crippen LogP contribution in [0.3, 0.4) is 0 Å². The third kappa shape index (κ3) is 2.98. The van der Waals surface area contributed by atoms with Crippen molar-refractivity contribution in [1.29, 1.82) is 0 Å². The number of hydrogen-bond donors (Lipinski definition) is 1. The van der Waals surface area contributed by atoms with Crippen molar-refractivity contribution >= 4 is 54.7 Å². The van der Waals surface area contributed by atoms with Gasteiger partial charge in [-0.2, -0.15) is 0 Å². The summed E-state index contributed by atoms with van der Waals surface area (Å²) < 4.78 is 27.2. The Morgan fingerprint density at radius 3 is 2.71 bits per heavy atom. The molecular weight excluding hydrogens is 348 g/mol. The zero-order chi connectivity index (χ0) is 12.5. The number of aromatic nitrogens is 1. The van der Waals surface area contributed by atoms with Gasteiger partial charge in [0.25, 0.3) is 10.0 Å². The van der Waals surface area contributed by atoms with Crippen molar-refractivity contribution in [2.24, 2.45) is 0 Å². The summed E-state index contributed by atoms with van der Waals surface area (Å²) in [7, 11) is -3.62. The molecule has 2 aromatic rings. The first kappa shape index (κ1) is 12.8. The van der Waals surface area contributed by atoms with Crippen molar-refractivity contribution in [2.45, 2.75) is 4.21 Å². The Bertz CT molecular complexity index is 642. The van der Waals surface area contributed by atoms with Gasteiger partial charge in [0, 0.05) is 6.20 Å². The van der Waals surface area contributed by atoms with E-state index in [2.05, 4.69) is 25.6 Å². The van der Waals surface area contributed by atoms with E-state index in [9.17, 15) is 8.42 Å². The quantitative estimate of drug-likeness (QED) is 0.920. The van der Waals surface area contributed by atoms with Crippen LogP contribution in [-0.4, -0.2) is 13.4 Å². The van der Waals surface area contributed by atoms with Crippen LogP contribution in [0, 0.1) is 0 Å². The van der Waals surface area contributed by atoms with Crippen LogP contribution in [-0.2, 0) is 10.0 Å². The van der Waals surface area contributed by atoms with E-state index in [-0.39, 0.29) is 15.0 Å². The molecule has 8 heteroatoms. The normalized spacial score (nSPS) is 11.4. The number of rotatable bonds is 3. The summed E-state index contributed by atoms with van der Waals surface area (Å²) in [5.41, 5.74) is 0. The van der Waals surface area contributed by atoms with Crippen molar-refractivity contribution in [3.05, 3.63) is 39.3 Å². The lowest BCUT2D eigenvalue weighted by molar-refractivity contribution is 0.603. The number of nitrogens with zero attached hydrogens (tertiary/aromatic N) is 1. The van der Waals surface area contributed by atoms with Gasteiger partial charge in [0.15, 0.2) is 5.82 Å². The van der Waals surface area contributed by atoms with Gasteiger partial charge in [0.1, 0.15) is 4.21 Å². The number of sulfonamides is 1. The topological polar surface area (TPSA) is 59.1 Å². The van der Waals surface area contributed by atoms with Crippen molar-refractivity contribution in [3.8, 4) is 0 Å². The Kier molecular flexibility index (Phi) is 3.72. The number of thiophene rings is 1. The largest absolute Gasteiger partial charge is 0.272 e. The SMILES string of the molecule is O=S(=O)(Nc1ncccc1Cl)c1ccc(Br)s1. The van der Waals surface area contributed by atoms with Crippen LogP contribution in [0.2, 0.25) is 5.02 Å². The van der Waals surface area contributed by atoms with Crippen LogP contribution in [0.1, 0.15) is 0 Å². The molecule has 0 spiro atoms. The van der Waals surface area contributed by atoms with Crippen LogP contribution in [0.4, 0.5) is 5.82 Å². The number of hydrogen-bond acceptors (Lipinski definition) is 4. The monoisotopic (exact) mass is 352 g/mol. The van der Waals surface area contributed by atoms with Crippen LogP contribution >= 0.6 is 38.9 Å². The van der Waals surface area contributed by atoms with Gasteiger partial charge in [-0.3, -0.25) is 4.72 Å². The van der Waals surface area contributed by atoms with Crippen molar-refractivity contribution < 1.29 is 8.42 Å². The zero-order valence-corrected chi connectivity index (χ0v) is 12.2. The first-order valence-electron chi connectivity index (χ1n) is 4.38. The maximum atomic E-state index is 11.9. The average Bonchev–Trinajstić information content (AvgIpc) is 2.69. The van der Waals surface area contributed by atoms with Gasteiger partial charge in [-0.25, -0.2) is 13.4 Å². The van der Waals surface area contributed by atoms with E-state index in [1.165, 1.54) is 12.3 Å². The number of anilines is 1. The van der Waals surface area contributed by atoms with E-state index >= 15 is 0 Å². The molecule has 0 aliphatic heterocycles. The third-order valence-electron chi connectivity index (χ3n) is 1.80. The zero-order valence-electron chi connectivity index (χ0n) is 8.22. The molecule has 1 N–H and O–H groups in total. The molecule has 0 saturated carbocycles. The number of pyridine rings is 1. The molecular formula is C9H6BrClN2O2S2. The molecule has 2 rings (SSSR count). The lowest BCUT2D eigenvalue weighted by Crippen LogP contribution is -2.12. The molecule has 4 nitrogen and oxygen atoms in total.